The van der Waals surface area contributed by atoms with Crippen LogP contribution in [0.3, 0.4) is 0 Å². The Morgan fingerprint density at radius 3 is 1.73 bits per heavy atom. The van der Waals surface area contributed by atoms with E-state index in [1.807, 2.05) is 12.1 Å². The van der Waals surface area contributed by atoms with Crippen LogP contribution in [0.2, 0.25) is 0 Å². The first-order valence-electron chi connectivity index (χ1n) is 5.23. The molecule has 0 aliphatic heterocycles. The molecule has 15 heavy (non-hydrogen) atoms. The standard InChI is InChI=1S/C12H17NO2/c1-9(14)3-5-11-7-8-12(13-11)6-4-10(2)15/h7-8,13H,3-6H2,1-2H3. The van der Waals surface area contributed by atoms with Gasteiger partial charge in [-0.05, 0) is 38.8 Å². The Kier molecular flexibility index (Phi) is 4.28. The average Bonchev–Trinajstić information content (AvgIpc) is 2.59. The molecule has 0 amide bonds. The lowest BCUT2D eigenvalue weighted by atomic mass is 10.2. The second kappa shape index (κ2) is 5.49. The third-order valence-corrected chi connectivity index (χ3v) is 2.30. The van der Waals surface area contributed by atoms with Crippen molar-refractivity contribution in [3.05, 3.63) is 23.5 Å². The fraction of sp³-hybridized carbons (Fsp3) is 0.500. The number of carbonyl (C=O) groups is 2. The van der Waals surface area contributed by atoms with E-state index in [0.717, 1.165) is 24.2 Å². The van der Waals surface area contributed by atoms with E-state index in [0.29, 0.717) is 12.8 Å². The van der Waals surface area contributed by atoms with E-state index in [1.165, 1.54) is 0 Å². The van der Waals surface area contributed by atoms with Gasteiger partial charge < -0.3 is 14.6 Å². The average molecular weight is 207 g/mol. The molecule has 1 rings (SSSR count). The van der Waals surface area contributed by atoms with Crippen LogP contribution >= 0.6 is 0 Å². The molecule has 1 aromatic rings. The van der Waals surface area contributed by atoms with E-state index in [4.69, 9.17) is 0 Å². The molecule has 3 heteroatoms. The summed E-state index contributed by atoms with van der Waals surface area (Å²) in [5, 5.41) is 0. The van der Waals surface area contributed by atoms with Crippen molar-refractivity contribution in [2.75, 3.05) is 0 Å². The van der Waals surface area contributed by atoms with E-state index in [-0.39, 0.29) is 11.6 Å². The first-order chi connectivity index (χ1) is 7.08. The van der Waals surface area contributed by atoms with Crippen molar-refractivity contribution >= 4 is 11.6 Å². The van der Waals surface area contributed by atoms with Gasteiger partial charge in [-0.3, -0.25) is 0 Å². The second-order valence-corrected chi connectivity index (χ2v) is 3.91. The van der Waals surface area contributed by atoms with Crippen LogP contribution in [0.15, 0.2) is 12.1 Å². The van der Waals surface area contributed by atoms with Gasteiger partial charge in [0.25, 0.3) is 0 Å². The number of aromatic nitrogens is 1. The zero-order valence-corrected chi connectivity index (χ0v) is 9.30. The number of hydrogen-bond acceptors (Lipinski definition) is 2. The lowest BCUT2D eigenvalue weighted by molar-refractivity contribution is -0.117. The highest BCUT2D eigenvalue weighted by Gasteiger charge is 2.02. The summed E-state index contributed by atoms with van der Waals surface area (Å²) in [4.78, 5) is 24.8. The first kappa shape index (κ1) is 11.7. The molecular weight excluding hydrogens is 190 g/mol. The predicted octanol–water partition coefficient (Wildman–Crippen LogP) is 2.06. The number of aryl methyl sites for hydroxylation is 2. The monoisotopic (exact) mass is 207 g/mol. The molecule has 0 radical (unpaired) electrons. The maximum atomic E-state index is 10.8. The van der Waals surface area contributed by atoms with Crippen molar-refractivity contribution in [3.8, 4) is 0 Å². The number of hydrogen-bond donors (Lipinski definition) is 1. The van der Waals surface area contributed by atoms with Crippen LogP contribution in [0, 0.1) is 0 Å². The zero-order chi connectivity index (χ0) is 11.3. The molecule has 1 heterocycles. The molecule has 0 fully saturated rings. The summed E-state index contributed by atoms with van der Waals surface area (Å²) < 4.78 is 0. The van der Waals surface area contributed by atoms with Crippen LogP contribution in [0.4, 0.5) is 0 Å². The molecule has 82 valence electrons. The molecule has 0 saturated heterocycles. The van der Waals surface area contributed by atoms with Crippen LogP contribution in [0.5, 0.6) is 0 Å². The van der Waals surface area contributed by atoms with Gasteiger partial charge in [0.2, 0.25) is 0 Å². The van der Waals surface area contributed by atoms with Crippen LogP contribution in [0.25, 0.3) is 0 Å². The molecule has 3 nitrogen and oxygen atoms in total. The SMILES string of the molecule is CC(=O)CCc1ccc(CCC(C)=O)[nH]1. The summed E-state index contributed by atoms with van der Waals surface area (Å²) in [6.07, 6.45) is 2.67. The largest absolute Gasteiger partial charge is 0.362 e. The van der Waals surface area contributed by atoms with Crippen molar-refractivity contribution in [2.24, 2.45) is 0 Å². The molecule has 1 aromatic heterocycles. The number of Topliss-reactive ketones (excluding diaryl/α,β-unsaturated/α-hetero) is 2. The van der Waals surface area contributed by atoms with Gasteiger partial charge in [-0.25, -0.2) is 0 Å². The third kappa shape index (κ3) is 4.58. The Balaban J connectivity index is 2.41. The molecule has 1 N–H and O–H groups in total. The minimum Gasteiger partial charge on any atom is -0.362 e. The lowest BCUT2D eigenvalue weighted by Crippen LogP contribution is -1.96. The molecule has 0 atom stereocenters. The summed E-state index contributed by atoms with van der Waals surface area (Å²) in [7, 11) is 0. The summed E-state index contributed by atoms with van der Waals surface area (Å²) in [5.41, 5.74) is 2.15. The zero-order valence-electron chi connectivity index (χ0n) is 9.30. The van der Waals surface area contributed by atoms with Gasteiger partial charge in [-0.15, -0.1) is 0 Å². The highest BCUT2D eigenvalue weighted by atomic mass is 16.1. The number of ketones is 2. The van der Waals surface area contributed by atoms with Gasteiger partial charge in [0.15, 0.2) is 0 Å². The Labute approximate surface area is 89.9 Å². The third-order valence-electron chi connectivity index (χ3n) is 2.30. The smallest absolute Gasteiger partial charge is 0.130 e. The Morgan fingerprint density at radius 2 is 1.40 bits per heavy atom. The molecule has 0 aliphatic rings. The minimum absolute atomic E-state index is 0.204. The fourth-order valence-corrected chi connectivity index (χ4v) is 1.40. The minimum atomic E-state index is 0.204. The second-order valence-electron chi connectivity index (χ2n) is 3.91. The van der Waals surface area contributed by atoms with Gasteiger partial charge in [-0.2, -0.15) is 0 Å². The van der Waals surface area contributed by atoms with Crippen molar-refractivity contribution < 1.29 is 9.59 Å². The highest BCUT2D eigenvalue weighted by molar-refractivity contribution is 5.76. The topological polar surface area (TPSA) is 49.9 Å². The van der Waals surface area contributed by atoms with Crippen molar-refractivity contribution in [1.29, 1.82) is 0 Å². The number of carbonyl (C=O) groups excluding carboxylic acids is 2. The van der Waals surface area contributed by atoms with Gasteiger partial charge in [0.1, 0.15) is 11.6 Å². The fourth-order valence-electron chi connectivity index (χ4n) is 1.40. The first-order valence-corrected chi connectivity index (χ1v) is 5.23. The van der Waals surface area contributed by atoms with Crippen molar-refractivity contribution in [3.63, 3.8) is 0 Å². The van der Waals surface area contributed by atoms with Gasteiger partial charge in [0, 0.05) is 24.2 Å². The summed E-state index contributed by atoms with van der Waals surface area (Å²) in [6.45, 7) is 3.19. The molecule has 0 spiro atoms. The van der Waals surface area contributed by atoms with Crippen LogP contribution in [-0.2, 0) is 22.4 Å². The van der Waals surface area contributed by atoms with Crippen LogP contribution in [-0.4, -0.2) is 16.6 Å². The normalized spacial score (nSPS) is 10.3. The Hall–Kier alpha value is -1.38. The number of H-pyrrole nitrogens is 1. The van der Waals surface area contributed by atoms with E-state index in [1.54, 1.807) is 13.8 Å². The quantitative estimate of drug-likeness (QED) is 0.776. The van der Waals surface area contributed by atoms with E-state index in [2.05, 4.69) is 4.98 Å². The Bertz CT molecular complexity index is 320. The van der Waals surface area contributed by atoms with E-state index < -0.39 is 0 Å². The molecule has 0 saturated carbocycles. The maximum absolute atomic E-state index is 10.8. The molecule has 0 unspecified atom stereocenters. The van der Waals surface area contributed by atoms with E-state index in [9.17, 15) is 9.59 Å². The summed E-state index contributed by atoms with van der Waals surface area (Å²) in [5.74, 6) is 0.407. The van der Waals surface area contributed by atoms with E-state index >= 15 is 0 Å². The number of aromatic amines is 1. The van der Waals surface area contributed by atoms with Crippen LogP contribution < -0.4 is 0 Å². The van der Waals surface area contributed by atoms with Crippen molar-refractivity contribution in [1.82, 2.24) is 4.98 Å². The molecular formula is C12H17NO2. The van der Waals surface area contributed by atoms with Gasteiger partial charge in [-0.1, -0.05) is 0 Å². The van der Waals surface area contributed by atoms with Crippen LogP contribution in [0.1, 0.15) is 38.1 Å². The van der Waals surface area contributed by atoms with Gasteiger partial charge in [0.05, 0.1) is 0 Å². The molecule has 0 aromatic carbocycles. The molecule has 0 bridgehead atoms. The van der Waals surface area contributed by atoms with Gasteiger partial charge >= 0.3 is 0 Å². The Morgan fingerprint density at radius 1 is 1.00 bits per heavy atom. The maximum Gasteiger partial charge on any atom is 0.130 e. The van der Waals surface area contributed by atoms with Crippen molar-refractivity contribution in [2.45, 2.75) is 39.5 Å². The predicted molar refractivity (Wildman–Crippen MR) is 58.8 cm³/mol. The highest BCUT2D eigenvalue weighted by Crippen LogP contribution is 2.07. The number of nitrogens with one attached hydrogen (secondary N) is 1. The molecule has 0 aliphatic carbocycles. The number of rotatable bonds is 6. The summed E-state index contributed by atoms with van der Waals surface area (Å²) in [6, 6.07) is 3.97. The summed E-state index contributed by atoms with van der Waals surface area (Å²) >= 11 is 0. The lowest BCUT2D eigenvalue weighted by Gasteiger charge is -1.96.